The average molecular weight is 255 g/mol. The smallest absolute Gasteiger partial charge is 0.0431 e. The highest BCUT2D eigenvalue weighted by atomic mass is 16.2. The molecule has 0 heterocycles. The van der Waals surface area contributed by atoms with Gasteiger partial charge in [-0.05, 0) is 24.0 Å². The van der Waals surface area contributed by atoms with E-state index in [4.69, 9.17) is 5.73 Å². The van der Waals surface area contributed by atoms with Crippen LogP contribution in [0.15, 0.2) is 60.7 Å². The predicted octanol–water partition coefficient (Wildman–Crippen LogP) is 2.70. The Morgan fingerprint density at radius 3 is 1.68 bits per heavy atom. The molecule has 3 N–H and O–H groups in total. The molecule has 0 fully saturated rings. The third-order valence-electron chi connectivity index (χ3n) is 3.76. The molecule has 2 rings (SSSR count). The van der Waals surface area contributed by atoms with Gasteiger partial charge in [0.15, 0.2) is 0 Å². The van der Waals surface area contributed by atoms with E-state index in [1.807, 2.05) is 36.4 Å². The van der Waals surface area contributed by atoms with E-state index in [9.17, 15) is 5.11 Å². The van der Waals surface area contributed by atoms with Gasteiger partial charge in [-0.3, -0.25) is 0 Å². The SMILES string of the molecule is NCC(CCCO)(c1ccccc1)c1ccccc1. The lowest BCUT2D eigenvalue weighted by molar-refractivity contribution is 0.270. The molecule has 0 aromatic heterocycles. The van der Waals surface area contributed by atoms with Gasteiger partial charge in [0.2, 0.25) is 0 Å². The molecule has 2 aromatic carbocycles. The van der Waals surface area contributed by atoms with E-state index in [1.54, 1.807) is 0 Å². The van der Waals surface area contributed by atoms with Crippen LogP contribution in [-0.4, -0.2) is 18.3 Å². The van der Waals surface area contributed by atoms with Gasteiger partial charge < -0.3 is 10.8 Å². The van der Waals surface area contributed by atoms with Crippen LogP contribution in [0, 0.1) is 0 Å². The molecule has 0 aliphatic rings. The number of nitrogens with two attached hydrogens (primary N) is 1. The topological polar surface area (TPSA) is 46.2 Å². The first-order valence-corrected chi connectivity index (χ1v) is 6.75. The number of aliphatic hydroxyl groups is 1. The molecule has 0 saturated heterocycles. The molecule has 0 bridgehead atoms. The van der Waals surface area contributed by atoms with Crippen LogP contribution in [0.5, 0.6) is 0 Å². The maximum Gasteiger partial charge on any atom is 0.0431 e. The zero-order valence-corrected chi connectivity index (χ0v) is 11.1. The van der Waals surface area contributed by atoms with Gasteiger partial charge in [-0.25, -0.2) is 0 Å². The quantitative estimate of drug-likeness (QED) is 0.833. The van der Waals surface area contributed by atoms with Crippen molar-refractivity contribution in [1.82, 2.24) is 0 Å². The molecular formula is C17H21NO. The van der Waals surface area contributed by atoms with Crippen molar-refractivity contribution >= 4 is 0 Å². The van der Waals surface area contributed by atoms with Gasteiger partial charge in [-0.2, -0.15) is 0 Å². The zero-order chi connectivity index (χ0) is 13.6. The van der Waals surface area contributed by atoms with Gasteiger partial charge in [-0.15, -0.1) is 0 Å². The number of aliphatic hydroxyl groups excluding tert-OH is 1. The van der Waals surface area contributed by atoms with Gasteiger partial charge in [0.25, 0.3) is 0 Å². The Morgan fingerprint density at radius 1 is 0.842 bits per heavy atom. The van der Waals surface area contributed by atoms with Crippen molar-refractivity contribution in [1.29, 1.82) is 0 Å². The zero-order valence-electron chi connectivity index (χ0n) is 11.1. The van der Waals surface area contributed by atoms with Gasteiger partial charge in [0.1, 0.15) is 0 Å². The number of rotatable bonds is 6. The summed E-state index contributed by atoms with van der Waals surface area (Å²) in [7, 11) is 0. The van der Waals surface area contributed by atoms with Crippen LogP contribution in [0.2, 0.25) is 0 Å². The van der Waals surface area contributed by atoms with Crippen molar-refractivity contribution in [2.75, 3.05) is 13.2 Å². The Hall–Kier alpha value is -1.64. The summed E-state index contributed by atoms with van der Waals surface area (Å²) in [5.74, 6) is 0. The normalized spacial score (nSPS) is 11.5. The first-order chi connectivity index (χ1) is 9.33. The Morgan fingerprint density at radius 2 is 1.32 bits per heavy atom. The van der Waals surface area contributed by atoms with Crippen LogP contribution in [0.3, 0.4) is 0 Å². The second kappa shape index (κ2) is 6.50. The van der Waals surface area contributed by atoms with Gasteiger partial charge in [0.05, 0.1) is 0 Å². The molecule has 2 heteroatoms. The summed E-state index contributed by atoms with van der Waals surface area (Å²) >= 11 is 0. The Bertz CT molecular complexity index is 442. The Kier molecular flexibility index (Phi) is 4.72. The molecule has 2 nitrogen and oxygen atoms in total. The van der Waals surface area contributed by atoms with Crippen molar-refractivity contribution in [3.8, 4) is 0 Å². The minimum absolute atomic E-state index is 0.196. The maximum atomic E-state index is 9.18. The fourth-order valence-electron chi connectivity index (χ4n) is 2.69. The minimum Gasteiger partial charge on any atom is -0.396 e. The lowest BCUT2D eigenvalue weighted by atomic mass is 9.71. The first kappa shape index (κ1) is 13.8. The van der Waals surface area contributed by atoms with Crippen molar-refractivity contribution in [2.45, 2.75) is 18.3 Å². The van der Waals surface area contributed by atoms with Gasteiger partial charge >= 0.3 is 0 Å². The predicted molar refractivity (Wildman–Crippen MR) is 79.0 cm³/mol. The fourth-order valence-corrected chi connectivity index (χ4v) is 2.69. The molecule has 100 valence electrons. The standard InChI is InChI=1S/C17H21NO/c18-14-17(12-7-13-19,15-8-3-1-4-9-15)16-10-5-2-6-11-16/h1-6,8-11,19H,7,12-14,18H2. The van der Waals surface area contributed by atoms with E-state index in [0.717, 1.165) is 12.8 Å². The van der Waals surface area contributed by atoms with Crippen molar-refractivity contribution in [3.05, 3.63) is 71.8 Å². The number of hydrogen-bond acceptors (Lipinski definition) is 2. The van der Waals surface area contributed by atoms with Gasteiger partial charge in [0, 0.05) is 18.6 Å². The van der Waals surface area contributed by atoms with Crippen LogP contribution < -0.4 is 5.73 Å². The van der Waals surface area contributed by atoms with Crippen LogP contribution in [0.1, 0.15) is 24.0 Å². The third kappa shape index (κ3) is 2.86. The summed E-state index contributed by atoms with van der Waals surface area (Å²) in [4.78, 5) is 0. The monoisotopic (exact) mass is 255 g/mol. The summed E-state index contributed by atoms with van der Waals surface area (Å²) < 4.78 is 0. The lowest BCUT2D eigenvalue weighted by Crippen LogP contribution is -2.36. The molecule has 2 aromatic rings. The Balaban J connectivity index is 2.48. The molecular weight excluding hydrogens is 234 g/mol. The van der Waals surface area contributed by atoms with Crippen molar-refractivity contribution < 1.29 is 5.11 Å². The molecule has 19 heavy (non-hydrogen) atoms. The van der Waals surface area contributed by atoms with E-state index in [2.05, 4.69) is 24.3 Å². The number of hydrogen-bond donors (Lipinski definition) is 2. The second-order valence-corrected chi connectivity index (χ2v) is 4.85. The van der Waals surface area contributed by atoms with E-state index >= 15 is 0 Å². The van der Waals surface area contributed by atoms with E-state index in [-0.39, 0.29) is 12.0 Å². The lowest BCUT2D eigenvalue weighted by Gasteiger charge is -2.34. The molecule has 0 amide bonds. The molecule has 0 atom stereocenters. The summed E-state index contributed by atoms with van der Waals surface area (Å²) in [5.41, 5.74) is 8.37. The van der Waals surface area contributed by atoms with Crippen LogP contribution in [0.25, 0.3) is 0 Å². The second-order valence-electron chi connectivity index (χ2n) is 4.85. The average Bonchev–Trinajstić information content (AvgIpc) is 2.51. The number of benzene rings is 2. The van der Waals surface area contributed by atoms with Gasteiger partial charge in [-0.1, -0.05) is 60.7 Å². The minimum atomic E-state index is -0.203. The van der Waals surface area contributed by atoms with Crippen molar-refractivity contribution in [3.63, 3.8) is 0 Å². The Labute approximate surface area is 114 Å². The first-order valence-electron chi connectivity index (χ1n) is 6.75. The summed E-state index contributed by atoms with van der Waals surface area (Å²) in [5, 5.41) is 9.18. The fraction of sp³-hybridized carbons (Fsp3) is 0.294. The molecule has 0 spiro atoms. The van der Waals surface area contributed by atoms with Crippen LogP contribution >= 0.6 is 0 Å². The van der Waals surface area contributed by atoms with Crippen LogP contribution in [0.4, 0.5) is 0 Å². The third-order valence-corrected chi connectivity index (χ3v) is 3.76. The molecule has 0 unspecified atom stereocenters. The summed E-state index contributed by atoms with van der Waals surface area (Å²) in [6, 6.07) is 20.7. The molecule has 0 saturated carbocycles. The van der Waals surface area contributed by atoms with E-state index < -0.39 is 0 Å². The van der Waals surface area contributed by atoms with Crippen molar-refractivity contribution in [2.24, 2.45) is 5.73 Å². The van der Waals surface area contributed by atoms with E-state index in [1.165, 1.54) is 11.1 Å². The summed E-state index contributed by atoms with van der Waals surface area (Å²) in [6.45, 7) is 0.739. The van der Waals surface area contributed by atoms with E-state index in [0.29, 0.717) is 6.54 Å². The summed E-state index contributed by atoms with van der Waals surface area (Å²) in [6.07, 6.45) is 1.61. The highest BCUT2D eigenvalue weighted by Crippen LogP contribution is 2.35. The highest BCUT2D eigenvalue weighted by molar-refractivity contribution is 5.39. The highest BCUT2D eigenvalue weighted by Gasteiger charge is 2.31. The molecule has 0 radical (unpaired) electrons. The van der Waals surface area contributed by atoms with Crippen LogP contribution in [-0.2, 0) is 5.41 Å². The largest absolute Gasteiger partial charge is 0.396 e. The maximum absolute atomic E-state index is 9.18. The molecule has 0 aliphatic carbocycles. The molecule has 0 aliphatic heterocycles.